The number of hydrogen-bond donors (Lipinski definition) is 2. The van der Waals surface area contributed by atoms with E-state index >= 15 is 0 Å². The van der Waals surface area contributed by atoms with Crippen molar-refractivity contribution in [1.82, 2.24) is 20.4 Å². The second kappa shape index (κ2) is 13.4. The van der Waals surface area contributed by atoms with Crippen LogP contribution in [-0.4, -0.2) is 85.5 Å². The molecule has 1 rings (SSSR count). The molecule has 2 unspecified atom stereocenters. The summed E-state index contributed by atoms with van der Waals surface area (Å²) in [6, 6.07) is 0.0549. The molecule has 0 aromatic carbocycles. The maximum Gasteiger partial charge on any atom is 0.222 e. The molecule has 156 valence electrons. The number of carbonyl (C=O) groups is 4. The van der Waals surface area contributed by atoms with E-state index in [4.69, 9.17) is 0 Å². The van der Waals surface area contributed by atoms with Gasteiger partial charge in [0.15, 0.2) is 5.78 Å². The van der Waals surface area contributed by atoms with Crippen molar-refractivity contribution in [3.8, 4) is 0 Å². The van der Waals surface area contributed by atoms with Crippen LogP contribution in [0.3, 0.4) is 0 Å². The Morgan fingerprint density at radius 3 is 2.11 bits per heavy atom. The highest BCUT2D eigenvalue weighted by Gasteiger charge is 2.36. The maximum absolute atomic E-state index is 11.5. The number of hydrogen-bond acceptors (Lipinski definition) is 6. The third-order valence-corrected chi connectivity index (χ3v) is 4.50. The third kappa shape index (κ3) is 9.10. The highest BCUT2D eigenvalue weighted by molar-refractivity contribution is 5.88. The van der Waals surface area contributed by atoms with E-state index in [1.165, 1.54) is 6.92 Å². The first-order valence-electron chi connectivity index (χ1n) is 9.60. The molecule has 1 aliphatic heterocycles. The van der Waals surface area contributed by atoms with Crippen LogP contribution in [0.25, 0.3) is 0 Å². The Hall–Kier alpha value is -1.80. The molecule has 27 heavy (non-hydrogen) atoms. The van der Waals surface area contributed by atoms with Crippen molar-refractivity contribution >= 4 is 23.4 Å². The number of Topliss-reactive ketones (excluding diaryl/α,β-unsaturated/α-hetero) is 2. The van der Waals surface area contributed by atoms with Gasteiger partial charge in [0.2, 0.25) is 11.8 Å². The molecule has 2 N–H and O–H groups in total. The van der Waals surface area contributed by atoms with Gasteiger partial charge in [0, 0.05) is 38.5 Å². The Balaban J connectivity index is 0.000000503. The van der Waals surface area contributed by atoms with Gasteiger partial charge < -0.3 is 20.4 Å². The molecule has 1 aliphatic rings. The first-order chi connectivity index (χ1) is 12.7. The van der Waals surface area contributed by atoms with Crippen LogP contribution in [-0.2, 0) is 19.2 Å². The van der Waals surface area contributed by atoms with Crippen LogP contribution in [0.5, 0.6) is 0 Å². The average molecular weight is 385 g/mol. The Labute approximate surface area is 163 Å². The van der Waals surface area contributed by atoms with E-state index < -0.39 is 0 Å². The van der Waals surface area contributed by atoms with Crippen molar-refractivity contribution in [1.29, 1.82) is 0 Å². The molecule has 8 heteroatoms. The van der Waals surface area contributed by atoms with Gasteiger partial charge in [-0.1, -0.05) is 13.8 Å². The van der Waals surface area contributed by atoms with Crippen molar-refractivity contribution in [3.63, 3.8) is 0 Å². The highest BCUT2D eigenvalue weighted by Crippen LogP contribution is 2.19. The summed E-state index contributed by atoms with van der Waals surface area (Å²) in [6.45, 7) is 8.89. The van der Waals surface area contributed by atoms with Gasteiger partial charge in [0.25, 0.3) is 0 Å². The van der Waals surface area contributed by atoms with Crippen molar-refractivity contribution in [2.75, 3.05) is 40.3 Å². The fraction of sp³-hybridized carbons (Fsp3) is 0.789. The van der Waals surface area contributed by atoms with Crippen LogP contribution in [0.15, 0.2) is 0 Å². The largest absolute Gasteiger partial charge is 0.334 e. The molecular weight excluding hydrogens is 348 g/mol. The fourth-order valence-corrected chi connectivity index (χ4v) is 2.94. The molecule has 1 fully saturated rings. The number of ketones is 2. The molecule has 0 aromatic rings. The summed E-state index contributed by atoms with van der Waals surface area (Å²) in [5.41, 5.74) is 0. The van der Waals surface area contributed by atoms with Crippen molar-refractivity contribution in [2.24, 2.45) is 0 Å². The SMILES string of the molecule is CCC(=O)N(CCNC)CC(C)=O.CCC(=O)N1CC(NC)CC1C(C)=O. The van der Waals surface area contributed by atoms with Crippen LogP contribution < -0.4 is 10.6 Å². The van der Waals surface area contributed by atoms with Crippen LogP contribution in [0, 0.1) is 0 Å². The number of carbonyl (C=O) groups excluding carboxylic acids is 4. The van der Waals surface area contributed by atoms with Gasteiger partial charge in [-0.25, -0.2) is 0 Å². The molecule has 8 nitrogen and oxygen atoms in total. The van der Waals surface area contributed by atoms with E-state index in [0.29, 0.717) is 25.9 Å². The summed E-state index contributed by atoms with van der Waals surface area (Å²) < 4.78 is 0. The predicted molar refractivity (Wildman–Crippen MR) is 105 cm³/mol. The Bertz CT molecular complexity index is 510. The van der Waals surface area contributed by atoms with E-state index in [1.54, 1.807) is 23.6 Å². The van der Waals surface area contributed by atoms with Gasteiger partial charge >= 0.3 is 0 Å². The Kier molecular flexibility index (Phi) is 12.5. The smallest absolute Gasteiger partial charge is 0.222 e. The van der Waals surface area contributed by atoms with Gasteiger partial charge in [-0.3, -0.25) is 19.2 Å². The zero-order valence-electron chi connectivity index (χ0n) is 17.6. The minimum Gasteiger partial charge on any atom is -0.334 e. The van der Waals surface area contributed by atoms with Crippen LogP contribution in [0.1, 0.15) is 47.0 Å². The monoisotopic (exact) mass is 384 g/mol. The second-order valence-electron chi connectivity index (χ2n) is 6.72. The van der Waals surface area contributed by atoms with Crippen LogP contribution >= 0.6 is 0 Å². The molecule has 2 atom stereocenters. The quantitative estimate of drug-likeness (QED) is 0.590. The van der Waals surface area contributed by atoms with E-state index in [-0.39, 0.29) is 42.0 Å². The molecule has 0 spiro atoms. The van der Waals surface area contributed by atoms with E-state index in [9.17, 15) is 19.2 Å². The Morgan fingerprint density at radius 1 is 1.07 bits per heavy atom. The van der Waals surface area contributed by atoms with Crippen molar-refractivity contribution in [3.05, 3.63) is 0 Å². The zero-order chi connectivity index (χ0) is 21.0. The number of nitrogens with one attached hydrogen (secondary N) is 2. The van der Waals surface area contributed by atoms with Crippen molar-refractivity contribution < 1.29 is 19.2 Å². The molecule has 0 radical (unpaired) electrons. The van der Waals surface area contributed by atoms with Crippen LogP contribution in [0.2, 0.25) is 0 Å². The first kappa shape index (κ1) is 25.2. The summed E-state index contributed by atoms with van der Waals surface area (Å²) in [4.78, 5) is 48.3. The molecule has 0 aromatic heterocycles. The van der Waals surface area contributed by atoms with Gasteiger partial charge in [0.1, 0.15) is 5.78 Å². The topological polar surface area (TPSA) is 98.8 Å². The third-order valence-electron chi connectivity index (χ3n) is 4.50. The molecule has 0 aliphatic carbocycles. The summed E-state index contributed by atoms with van der Waals surface area (Å²) in [5.74, 6) is 0.218. The highest BCUT2D eigenvalue weighted by atomic mass is 16.2. The lowest BCUT2D eigenvalue weighted by atomic mass is 10.1. The average Bonchev–Trinajstić information content (AvgIpc) is 3.09. The van der Waals surface area contributed by atoms with E-state index in [2.05, 4.69) is 10.6 Å². The van der Waals surface area contributed by atoms with Gasteiger partial charge in [-0.2, -0.15) is 0 Å². The summed E-state index contributed by atoms with van der Waals surface area (Å²) in [7, 11) is 3.68. The van der Waals surface area contributed by atoms with E-state index in [0.717, 1.165) is 13.0 Å². The maximum atomic E-state index is 11.5. The minimum absolute atomic E-state index is 0.0258. The van der Waals surface area contributed by atoms with Gasteiger partial charge in [-0.15, -0.1) is 0 Å². The molecule has 1 saturated heterocycles. The summed E-state index contributed by atoms with van der Waals surface area (Å²) >= 11 is 0. The second-order valence-corrected chi connectivity index (χ2v) is 6.72. The zero-order valence-corrected chi connectivity index (χ0v) is 17.6. The summed E-state index contributed by atoms with van der Waals surface area (Å²) in [5, 5.41) is 6.06. The number of likely N-dealkylation sites (tertiary alicyclic amines) is 1. The minimum atomic E-state index is -0.208. The number of nitrogens with zero attached hydrogens (tertiary/aromatic N) is 2. The lowest BCUT2D eigenvalue weighted by molar-refractivity contribution is -0.136. The lowest BCUT2D eigenvalue weighted by Gasteiger charge is -2.21. The van der Waals surface area contributed by atoms with Crippen LogP contribution in [0.4, 0.5) is 0 Å². The first-order valence-corrected chi connectivity index (χ1v) is 9.60. The molecule has 0 bridgehead atoms. The molecule has 1 heterocycles. The Morgan fingerprint density at radius 2 is 1.70 bits per heavy atom. The number of amides is 2. The fourth-order valence-electron chi connectivity index (χ4n) is 2.94. The van der Waals surface area contributed by atoms with Gasteiger partial charge in [0.05, 0.1) is 12.6 Å². The molecule has 2 amide bonds. The standard InChI is InChI=1S/C10H18N2O2.C9H18N2O2/c1-4-10(14)12-6-8(11-3)5-9(12)7(2)13;1-4-9(13)11(6-5-10-3)7-8(2)12/h8-9,11H,4-6H2,1-3H3;10H,4-7H2,1-3H3. The number of rotatable bonds is 9. The molecule has 0 saturated carbocycles. The van der Waals surface area contributed by atoms with E-state index in [1.807, 2.05) is 21.0 Å². The van der Waals surface area contributed by atoms with Gasteiger partial charge in [-0.05, 0) is 34.4 Å². The predicted octanol–water partition coefficient (Wildman–Crippen LogP) is 0.208. The van der Waals surface area contributed by atoms with Crippen molar-refractivity contribution in [2.45, 2.75) is 59.0 Å². The molecular formula is C19H36N4O4. The number of likely N-dealkylation sites (N-methyl/N-ethyl adjacent to an activating group) is 2. The summed E-state index contributed by atoms with van der Waals surface area (Å²) in [6.07, 6.45) is 1.68. The normalized spacial score (nSPS) is 18.5. The lowest BCUT2D eigenvalue weighted by Crippen LogP contribution is -2.39.